The molecular formula is C37H43ClN4O6S. The largest absolute Gasteiger partial charge is 0.444 e. The fourth-order valence-electron chi connectivity index (χ4n) is 5.58. The second-order valence-electron chi connectivity index (χ2n) is 12.7. The van der Waals surface area contributed by atoms with Crippen LogP contribution in [0, 0.1) is 0 Å². The average molecular weight is 707 g/mol. The molecule has 3 amide bonds. The van der Waals surface area contributed by atoms with E-state index in [4.69, 9.17) is 16.3 Å². The second-order valence-corrected chi connectivity index (χ2v) is 15.0. The number of amides is 3. The van der Waals surface area contributed by atoms with E-state index in [2.05, 4.69) is 18.5 Å². The smallest absolute Gasteiger partial charge is 0.410 e. The summed E-state index contributed by atoms with van der Waals surface area (Å²) in [6, 6.07) is 21.5. The monoisotopic (exact) mass is 706 g/mol. The van der Waals surface area contributed by atoms with Crippen molar-refractivity contribution >= 4 is 45.2 Å². The first-order chi connectivity index (χ1) is 23.2. The first kappa shape index (κ1) is 37.2. The minimum absolute atomic E-state index is 0.0114. The molecule has 1 aliphatic rings. The summed E-state index contributed by atoms with van der Waals surface area (Å²) in [4.78, 5) is 42.8. The molecule has 0 bridgehead atoms. The molecule has 3 aromatic carbocycles. The van der Waals surface area contributed by atoms with Crippen molar-refractivity contribution in [1.29, 1.82) is 0 Å². The van der Waals surface area contributed by atoms with E-state index in [0.717, 1.165) is 5.56 Å². The van der Waals surface area contributed by atoms with Crippen LogP contribution in [0.1, 0.15) is 49.0 Å². The highest BCUT2D eigenvalue weighted by molar-refractivity contribution is 7.92. The topological polar surface area (TPSA) is 116 Å². The Morgan fingerprint density at radius 3 is 2.27 bits per heavy atom. The average Bonchev–Trinajstić information content (AvgIpc) is 3.48. The Morgan fingerprint density at radius 1 is 0.959 bits per heavy atom. The van der Waals surface area contributed by atoms with Crippen molar-refractivity contribution in [2.75, 3.05) is 37.0 Å². The molecule has 12 heteroatoms. The molecule has 49 heavy (non-hydrogen) atoms. The molecular weight excluding hydrogens is 664 g/mol. The Kier molecular flexibility index (Phi) is 12.3. The minimum Gasteiger partial charge on any atom is -0.444 e. The molecule has 260 valence electrons. The number of nitrogens with zero attached hydrogens (tertiary/aromatic N) is 3. The van der Waals surface area contributed by atoms with Gasteiger partial charge in [0.05, 0.1) is 23.2 Å². The second kappa shape index (κ2) is 16.2. The number of hydrogen-bond donors (Lipinski definition) is 1. The molecule has 1 aliphatic heterocycles. The maximum Gasteiger partial charge on any atom is 0.410 e. The molecule has 0 spiro atoms. The van der Waals surface area contributed by atoms with Gasteiger partial charge in [0.15, 0.2) is 0 Å². The zero-order valence-electron chi connectivity index (χ0n) is 28.0. The fraction of sp³-hybridized carbons (Fsp3) is 0.324. The van der Waals surface area contributed by atoms with E-state index in [0.29, 0.717) is 17.3 Å². The number of anilines is 1. The number of likely N-dealkylation sites (tertiary alicyclic amines) is 1. The van der Waals surface area contributed by atoms with Crippen LogP contribution in [0.2, 0.25) is 5.02 Å². The summed E-state index contributed by atoms with van der Waals surface area (Å²) in [5.41, 5.74) is 0.868. The first-order valence-corrected chi connectivity index (χ1v) is 17.8. The molecule has 0 unspecified atom stereocenters. The number of sulfonamides is 1. The summed E-state index contributed by atoms with van der Waals surface area (Å²) in [6.45, 7) is 13.6. The van der Waals surface area contributed by atoms with Crippen LogP contribution in [0.5, 0.6) is 0 Å². The van der Waals surface area contributed by atoms with Crippen LogP contribution in [-0.4, -0.2) is 80.5 Å². The number of benzene rings is 3. The lowest BCUT2D eigenvalue weighted by Gasteiger charge is -2.27. The number of nitrogens with one attached hydrogen (secondary N) is 1. The lowest BCUT2D eigenvalue weighted by molar-refractivity contribution is -0.122. The van der Waals surface area contributed by atoms with E-state index >= 15 is 0 Å². The zero-order valence-corrected chi connectivity index (χ0v) is 29.6. The third kappa shape index (κ3) is 9.73. The highest BCUT2D eigenvalue weighted by Crippen LogP contribution is 2.30. The Morgan fingerprint density at radius 2 is 1.63 bits per heavy atom. The number of carbonyl (C=O) groups excluding carboxylic acids is 3. The third-order valence-corrected chi connectivity index (χ3v) is 9.91. The van der Waals surface area contributed by atoms with E-state index in [1.54, 1.807) is 62.1 Å². The minimum atomic E-state index is -4.07. The molecule has 4 rings (SSSR count). The van der Waals surface area contributed by atoms with Crippen LogP contribution >= 0.6 is 11.6 Å². The molecule has 2 atom stereocenters. The summed E-state index contributed by atoms with van der Waals surface area (Å²) in [6.07, 6.45) is 2.54. The maximum absolute atomic E-state index is 13.9. The Hall–Kier alpha value is -4.61. The van der Waals surface area contributed by atoms with Gasteiger partial charge in [-0.1, -0.05) is 60.2 Å². The van der Waals surface area contributed by atoms with Gasteiger partial charge >= 0.3 is 6.09 Å². The maximum atomic E-state index is 13.9. The Labute approximate surface area is 294 Å². The van der Waals surface area contributed by atoms with Gasteiger partial charge in [-0.2, -0.15) is 0 Å². The third-order valence-electron chi connectivity index (χ3n) is 7.87. The molecule has 0 aromatic heterocycles. The Bertz CT molecular complexity index is 1760. The summed E-state index contributed by atoms with van der Waals surface area (Å²) in [7, 11) is -4.07. The summed E-state index contributed by atoms with van der Waals surface area (Å²) in [5.74, 6) is -0.863. The van der Waals surface area contributed by atoms with E-state index in [1.807, 2.05) is 30.3 Å². The highest BCUT2D eigenvalue weighted by Gasteiger charge is 2.38. The number of halogens is 1. The molecule has 0 saturated carbocycles. The van der Waals surface area contributed by atoms with Gasteiger partial charge in [-0.25, -0.2) is 13.2 Å². The van der Waals surface area contributed by atoms with Gasteiger partial charge in [0, 0.05) is 49.1 Å². The van der Waals surface area contributed by atoms with Crippen molar-refractivity contribution < 1.29 is 27.5 Å². The van der Waals surface area contributed by atoms with Crippen molar-refractivity contribution in [2.45, 2.75) is 49.6 Å². The standard InChI is InChI=1S/C37H43ClN4O6S/c1-6-21-40(36(45)48-37(3,4)5)23-20-34(43)39-33-26-41(25-32(33)27-12-9-8-10-13-27)35(44)28-14-11-15-31(24-28)49(46,47)42(22-7-2)30-18-16-29(38)17-19-30/h6-19,24,32-33H,1-2,20-23,25-26H2,3-5H3,(H,39,43)/t32-,33+/m0/s1. The van der Waals surface area contributed by atoms with Crippen LogP contribution in [-0.2, 0) is 19.6 Å². The molecule has 1 fully saturated rings. The van der Waals surface area contributed by atoms with E-state index in [1.165, 1.54) is 33.5 Å². The van der Waals surface area contributed by atoms with Crippen LogP contribution in [0.15, 0.2) is 109 Å². The van der Waals surface area contributed by atoms with E-state index in [-0.39, 0.29) is 60.8 Å². The number of rotatable bonds is 13. The van der Waals surface area contributed by atoms with Crippen LogP contribution in [0.25, 0.3) is 0 Å². The van der Waals surface area contributed by atoms with E-state index < -0.39 is 27.8 Å². The molecule has 1 saturated heterocycles. The lowest BCUT2D eigenvalue weighted by atomic mass is 9.94. The van der Waals surface area contributed by atoms with Crippen LogP contribution in [0.3, 0.4) is 0 Å². The fourth-order valence-corrected chi connectivity index (χ4v) is 7.18. The first-order valence-electron chi connectivity index (χ1n) is 15.9. The van der Waals surface area contributed by atoms with Gasteiger partial charge in [-0.05, 0) is 68.8 Å². The summed E-state index contributed by atoms with van der Waals surface area (Å²) >= 11 is 6.02. The van der Waals surface area contributed by atoms with Gasteiger partial charge in [-0.3, -0.25) is 13.9 Å². The van der Waals surface area contributed by atoms with Crippen molar-refractivity contribution in [2.24, 2.45) is 0 Å². The molecule has 1 N–H and O–H groups in total. The lowest BCUT2D eigenvalue weighted by Crippen LogP contribution is -2.43. The van der Waals surface area contributed by atoms with Gasteiger partial charge in [0.1, 0.15) is 5.60 Å². The van der Waals surface area contributed by atoms with Crippen molar-refractivity contribution in [3.63, 3.8) is 0 Å². The van der Waals surface area contributed by atoms with E-state index in [9.17, 15) is 22.8 Å². The van der Waals surface area contributed by atoms with Crippen molar-refractivity contribution in [3.8, 4) is 0 Å². The predicted octanol–water partition coefficient (Wildman–Crippen LogP) is 6.26. The van der Waals surface area contributed by atoms with Gasteiger partial charge in [0.2, 0.25) is 5.91 Å². The SMILES string of the molecule is C=CCN(CCC(=O)N[C@@H]1CN(C(=O)c2cccc(S(=O)(=O)N(CC=C)c3ccc(Cl)cc3)c2)C[C@H]1c1ccccc1)C(=O)OC(C)(C)C. The quantitative estimate of drug-likeness (QED) is 0.210. The predicted molar refractivity (Wildman–Crippen MR) is 192 cm³/mol. The molecule has 10 nitrogen and oxygen atoms in total. The number of ether oxygens (including phenoxy) is 1. The molecule has 0 radical (unpaired) electrons. The van der Waals surface area contributed by atoms with Gasteiger partial charge < -0.3 is 19.9 Å². The number of hydrogen-bond acceptors (Lipinski definition) is 6. The van der Waals surface area contributed by atoms with Crippen LogP contribution < -0.4 is 9.62 Å². The highest BCUT2D eigenvalue weighted by atomic mass is 35.5. The normalized spacial score (nSPS) is 16.0. The zero-order chi connectivity index (χ0) is 35.8. The summed E-state index contributed by atoms with van der Waals surface area (Å²) in [5, 5.41) is 3.55. The molecule has 1 heterocycles. The molecule has 3 aromatic rings. The van der Waals surface area contributed by atoms with Gasteiger partial charge in [-0.15, -0.1) is 13.2 Å². The van der Waals surface area contributed by atoms with Crippen LogP contribution in [0.4, 0.5) is 10.5 Å². The molecule has 0 aliphatic carbocycles. The van der Waals surface area contributed by atoms with Crippen molar-refractivity contribution in [1.82, 2.24) is 15.1 Å². The van der Waals surface area contributed by atoms with Crippen molar-refractivity contribution in [3.05, 3.63) is 120 Å². The summed E-state index contributed by atoms with van der Waals surface area (Å²) < 4.78 is 34.3. The number of carbonyl (C=O) groups is 3. The van der Waals surface area contributed by atoms with Gasteiger partial charge in [0.25, 0.3) is 15.9 Å². The Balaban J connectivity index is 1.52.